The van der Waals surface area contributed by atoms with Crippen LogP contribution in [0.25, 0.3) is 11.1 Å². The number of fused-ring (bicyclic) bond motifs is 3. The Bertz CT molecular complexity index is 991. The second-order valence-corrected chi connectivity index (χ2v) is 8.84. The molecule has 1 saturated carbocycles. The number of hydrogen-bond donors (Lipinski definition) is 3. The third-order valence-electron chi connectivity index (χ3n) is 6.80. The van der Waals surface area contributed by atoms with Crippen molar-refractivity contribution >= 4 is 18.0 Å². The zero-order valence-electron chi connectivity index (χ0n) is 18.8. The summed E-state index contributed by atoms with van der Waals surface area (Å²) in [6.45, 7) is 1.96. The van der Waals surface area contributed by atoms with Gasteiger partial charge in [0.2, 0.25) is 5.91 Å². The number of carboxylic acids is 1. The van der Waals surface area contributed by atoms with E-state index >= 15 is 0 Å². The molecule has 0 heterocycles. The molecule has 2 aliphatic rings. The summed E-state index contributed by atoms with van der Waals surface area (Å²) in [7, 11) is 0. The third kappa shape index (κ3) is 5.02. The number of alkyl carbamates (subject to hydrolysis) is 1. The van der Waals surface area contributed by atoms with Gasteiger partial charge in [0.15, 0.2) is 0 Å². The average molecular weight is 451 g/mol. The van der Waals surface area contributed by atoms with Crippen molar-refractivity contribution in [3.05, 3.63) is 59.7 Å². The minimum atomic E-state index is -1.04. The monoisotopic (exact) mass is 450 g/mol. The molecule has 1 fully saturated rings. The lowest BCUT2D eigenvalue weighted by Crippen LogP contribution is -2.43. The number of carbonyl (C=O) groups is 3. The fourth-order valence-corrected chi connectivity index (χ4v) is 5.09. The largest absolute Gasteiger partial charge is 0.480 e. The number of nitrogens with one attached hydrogen (secondary N) is 2. The molecule has 2 aromatic carbocycles. The van der Waals surface area contributed by atoms with E-state index in [1.165, 1.54) is 11.1 Å². The van der Waals surface area contributed by atoms with E-state index in [1.807, 2.05) is 24.3 Å². The number of aliphatic carboxylic acids is 1. The van der Waals surface area contributed by atoms with Crippen molar-refractivity contribution in [2.75, 3.05) is 6.61 Å². The van der Waals surface area contributed by atoms with Crippen LogP contribution < -0.4 is 10.6 Å². The van der Waals surface area contributed by atoms with E-state index < -0.39 is 18.1 Å². The van der Waals surface area contributed by atoms with Gasteiger partial charge in [0.1, 0.15) is 12.6 Å². The van der Waals surface area contributed by atoms with E-state index in [-0.39, 0.29) is 36.8 Å². The SMILES string of the molecule is CCC(NC(=O)CC1CCCC1NC(=O)OCC1c2ccccc2-c2ccccc21)C(=O)O. The van der Waals surface area contributed by atoms with Crippen LogP contribution in [0.4, 0.5) is 4.79 Å². The summed E-state index contributed by atoms with van der Waals surface area (Å²) in [5, 5.41) is 14.6. The maximum Gasteiger partial charge on any atom is 0.407 e. The van der Waals surface area contributed by atoms with Crippen LogP contribution in [0.2, 0.25) is 0 Å². The lowest BCUT2D eigenvalue weighted by Gasteiger charge is -2.22. The van der Waals surface area contributed by atoms with Crippen molar-refractivity contribution in [1.29, 1.82) is 0 Å². The molecule has 3 atom stereocenters. The summed E-state index contributed by atoms with van der Waals surface area (Å²) < 4.78 is 5.64. The summed E-state index contributed by atoms with van der Waals surface area (Å²) in [6.07, 6.45) is 2.53. The first-order valence-electron chi connectivity index (χ1n) is 11.6. The van der Waals surface area contributed by atoms with Crippen molar-refractivity contribution < 1.29 is 24.2 Å². The minimum absolute atomic E-state index is 0.00435. The summed E-state index contributed by atoms with van der Waals surface area (Å²) in [5.41, 5.74) is 4.67. The lowest BCUT2D eigenvalue weighted by molar-refractivity contribution is -0.142. The van der Waals surface area contributed by atoms with Crippen molar-refractivity contribution in [3.63, 3.8) is 0 Å². The van der Waals surface area contributed by atoms with Crippen LogP contribution in [0.1, 0.15) is 56.1 Å². The van der Waals surface area contributed by atoms with Crippen molar-refractivity contribution in [2.45, 2.75) is 57.0 Å². The Labute approximate surface area is 193 Å². The predicted octanol–water partition coefficient (Wildman–Crippen LogP) is 4.06. The van der Waals surface area contributed by atoms with Gasteiger partial charge in [0, 0.05) is 18.4 Å². The summed E-state index contributed by atoms with van der Waals surface area (Å²) in [5.74, 6) is -1.37. The third-order valence-corrected chi connectivity index (χ3v) is 6.80. The van der Waals surface area contributed by atoms with Gasteiger partial charge in [-0.15, -0.1) is 0 Å². The number of rotatable bonds is 8. The van der Waals surface area contributed by atoms with Gasteiger partial charge in [-0.1, -0.05) is 61.9 Å². The number of carboxylic acid groups (broad SMARTS) is 1. The zero-order chi connectivity index (χ0) is 23.4. The molecule has 0 aliphatic heterocycles. The number of hydrogen-bond acceptors (Lipinski definition) is 4. The first-order chi connectivity index (χ1) is 16.0. The molecule has 33 heavy (non-hydrogen) atoms. The normalized spacial score (nSPS) is 19.9. The standard InChI is InChI=1S/C26H30N2O5/c1-2-22(25(30)31)27-24(29)14-16-8-7-13-23(16)28-26(32)33-15-21-19-11-5-3-9-17(19)18-10-4-6-12-20(18)21/h3-6,9-12,16,21-23H,2,7-8,13-15H2,1H3,(H,27,29)(H,28,32)(H,30,31). The van der Waals surface area contributed by atoms with Gasteiger partial charge < -0.3 is 20.5 Å². The van der Waals surface area contributed by atoms with E-state index in [4.69, 9.17) is 9.84 Å². The molecule has 3 unspecified atom stereocenters. The molecule has 0 spiro atoms. The first-order valence-corrected chi connectivity index (χ1v) is 11.6. The molecule has 2 aliphatic carbocycles. The number of carbonyl (C=O) groups excluding carboxylic acids is 2. The number of ether oxygens (including phenoxy) is 1. The summed E-state index contributed by atoms with van der Waals surface area (Å²) in [6, 6.07) is 15.3. The van der Waals surface area contributed by atoms with Gasteiger partial charge in [-0.25, -0.2) is 9.59 Å². The highest BCUT2D eigenvalue weighted by Gasteiger charge is 2.33. The van der Waals surface area contributed by atoms with Crippen LogP contribution >= 0.6 is 0 Å². The molecule has 7 nitrogen and oxygen atoms in total. The zero-order valence-corrected chi connectivity index (χ0v) is 18.8. The molecule has 2 amide bonds. The fraction of sp³-hybridized carbons (Fsp3) is 0.423. The van der Waals surface area contributed by atoms with Gasteiger partial charge in [-0.2, -0.15) is 0 Å². The maximum absolute atomic E-state index is 12.6. The van der Waals surface area contributed by atoms with Crippen molar-refractivity contribution in [1.82, 2.24) is 10.6 Å². The topological polar surface area (TPSA) is 105 Å². The molecule has 0 saturated heterocycles. The quantitative estimate of drug-likeness (QED) is 0.563. The number of benzene rings is 2. The van der Waals surface area contributed by atoms with Crippen molar-refractivity contribution in [3.8, 4) is 11.1 Å². The van der Waals surface area contributed by atoms with Crippen molar-refractivity contribution in [2.24, 2.45) is 5.92 Å². The molecule has 7 heteroatoms. The van der Waals surface area contributed by atoms with Gasteiger partial charge in [0.25, 0.3) is 0 Å². The van der Waals surface area contributed by atoms with E-state index in [0.717, 1.165) is 30.4 Å². The Morgan fingerprint density at radius 1 is 1.03 bits per heavy atom. The molecular formula is C26H30N2O5. The molecule has 3 N–H and O–H groups in total. The van der Waals surface area contributed by atoms with Crippen LogP contribution in [0, 0.1) is 5.92 Å². The van der Waals surface area contributed by atoms with Crippen LogP contribution in [-0.4, -0.2) is 41.8 Å². The smallest absolute Gasteiger partial charge is 0.407 e. The second-order valence-electron chi connectivity index (χ2n) is 8.84. The van der Waals surface area contributed by atoms with Gasteiger partial charge in [-0.3, -0.25) is 4.79 Å². The van der Waals surface area contributed by atoms with Crippen LogP contribution in [0.3, 0.4) is 0 Å². The van der Waals surface area contributed by atoms with Crippen LogP contribution in [-0.2, 0) is 14.3 Å². The maximum atomic E-state index is 12.6. The Hall–Kier alpha value is -3.35. The summed E-state index contributed by atoms with van der Waals surface area (Å²) >= 11 is 0. The van der Waals surface area contributed by atoms with Crippen LogP contribution in [0.5, 0.6) is 0 Å². The van der Waals surface area contributed by atoms with Crippen LogP contribution in [0.15, 0.2) is 48.5 Å². The molecule has 0 radical (unpaired) electrons. The molecular weight excluding hydrogens is 420 g/mol. The van der Waals surface area contributed by atoms with E-state index in [1.54, 1.807) is 6.92 Å². The van der Waals surface area contributed by atoms with Gasteiger partial charge in [-0.05, 0) is 47.4 Å². The van der Waals surface area contributed by atoms with E-state index in [0.29, 0.717) is 6.42 Å². The average Bonchev–Trinajstić information content (AvgIpc) is 3.37. The Balaban J connectivity index is 1.33. The fourth-order valence-electron chi connectivity index (χ4n) is 5.09. The van der Waals surface area contributed by atoms with Gasteiger partial charge >= 0.3 is 12.1 Å². The number of amides is 2. The predicted molar refractivity (Wildman–Crippen MR) is 124 cm³/mol. The molecule has 0 aromatic heterocycles. The Morgan fingerprint density at radius 3 is 2.27 bits per heavy atom. The highest BCUT2D eigenvalue weighted by Crippen LogP contribution is 2.44. The molecule has 0 bridgehead atoms. The highest BCUT2D eigenvalue weighted by molar-refractivity contribution is 5.83. The Morgan fingerprint density at radius 2 is 1.67 bits per heavy atom. The Kier molecular flexibility index (Phi) is 6.96. The highest BCUT2D eigenvalue weighted by atomic mass is 16.5. The molecule has 4 rings (SSSR count). The van der Waals surface area contributed by atoms with Gasteiger partial charge in [0.05, 0.1) is 0 Å². The molecule has 174 valence electrons. The lowest BCUT2D eigenvalue weighted by atomic mass is 9.98. The first kappa shape index (κ1) is 22.8. The molecule has 2 aromatic rings. The van der Waals surface area contributed by atoms with E-state index in [2.05, 4.69) is 34.9 Å². The summed E-state index contributed by atoms with van der Waals surface area (Å²) in [4.78, 5) is 36.1. The van der Waals surface area contributed by atoms with E-state index in [9.17, 15) is 14.4 Å². The minimum Gasteiger partial charge on any atom is -0.480 e. The second kappa shape index (κ2) is 10.1.